The van der Waals surface area contributed by atoms with Gasteiger partial charge in [-0.25, -0.2) is 0 Å². The quantitative estimate of drug-likeness (QED) is 0.501. The number of rotatable bonds is 3. The molecule has 1 fully saturated rings. The molecule has 0 unspecified atom stereocenters. The Balaban J connectivity index is 2.33. The van der Waals surface area contributed by atoms with Crippen molar-refractivity contribution in [3.05, 3.63) is 0 Å². The average Bonchev–Trinajstić information content (AvgIpc) is 2.19. The molecule has 4 heteroatoms. The maximum absolute atomic E-state index is 11.4. The highest BCUT2D eigenvalue weighted by atomic mass is 16.5. The van der Waals surface area contributed by atoms with Crippen LogP contribution in [0.25, 0.3) is 0 Å². The van der Waals surface area contributed by atoms with Crippen molar-refractivity contribution < 1.29 is 14.3 Å². The summed E-state index contributed by atoms with van der Waals surface area (Å²) in [4.78, 5) is 22.2. The Morgan fingerprint density at radius 3 is 2.54 bits per heavy atom. The summed E-state index contributed by atoms with van der Waals surface area (Å²) in [6.07, 6.45) is 1.62. The number of hydrogen-bond acceptors (Lipinski definition) is 4. The molecule has 4 nitrogen and oxygen atoms in total. The monoisotopic (exact) mass is 185 g/mol. The van der Waals surface area contributed by atoms with E-state index in [0.29, 0.717) is 0 Å². The van der Waals surface area contributed by atoms with E-state index in [9.17, 15) is 9.59 Å². The van der Waals surface area contributed by atoms with Crippen molar-refractivity contribution in [2.75, 3.05) is 20.2 Å². The van der Waals surface area contributed by atoms with Gasteiger partial charge < -0.3 is 10.1 Å². The number of nitrogens with one attached hydrogen (secondary N) is 1. The maximum Gasteiger partial charge on any atom is 0.313 e. The van der Waals surface area contributed by atoms with E-state index in [0.717, 1.165) is 25.9 Å². The van der Waals surface area contributed by atoms with Gasteiger partial charge in [0.1, 0.15) is 12.2 Å². The molecule has 0 aromatic carbocycles. The Morgan fingerprint density at radius 1 is 1.38 bits per heavy atom. The lowest BCUT2D eigenvalue weighted by molar-refractivity contribution is -0.144. The summed E-state index contributed by atoms with van der Waals surface area (Å²) in [5.74, 6) is -0.350. The number of carbonyl (C=O) groups is 2. The van der Waals surface area contributed by atoms with Gasteiger partial charge in [0.05, 0.1) is 7.11 Å². The van der Waals surface area contributed by atoms with Crippen LogP contribution in [0.15, 0.2) is 0 Å². The molecule has 0 aromatic rings. The van der Waals surface area contributed by atoms with E-state index in [-0.39, 0.29) is 18.1 Å². The molecule has 1 aliphatic rings. The first-order valence-corrected chi connectivity index (χ1v) is 4.54. The second-order valence-electron chi connectivity index (χ2n) is 3.24. The van der Waals surface area contributed by atoms with Gasteiger partial charge in [0.15, 0.2) is 0 Å². The minimum absolute atomic E-state index is 0.0216. The molecule has 0 aliphatic carbocycles. The van der Waals surface area contributed by atoms with Crippen molar-refractivity contribution in [2.45, 2.75) is 19.3 Å². The second kappa shape index (κ2) is 4.97. The third kappa shape index (κ3) is 3.14. The predicted molar refractivity (Wildman–Crippen MR) is 47.2 cm³/mol. The zero-order chi connectivity index (χ0) is 9.68. The SMILES string of the molecule is COC(=O)CC(=O)C1CCNCC1. The molecule has 74 valence electrons. The largest absolute Gasteiger partial charge is 0.469 e. The second-order valence-corrected chi connectivity index (χ2v) is 3.24. The van der Waals surface area contributed by atoms with E-state index in [2.05, 4.69) is 10.1 Å². The van der Waals surface area contributed by atoms with Gasteiger partial charge in [-0.3, -0.25) is 9.59 Å². The number of ketones is 1. The summed E-state index contributed by atoms with van der Waals surface area (Å²) in [5, 5.41) is 3.17. The lowest BCUT2D eigenvalue weighted by Crippen LogP contribution is -2.32. The number of methoxy groups -OCH3 is 1. The Morgan fingerprint density at radius 2 is 2.00 bits per heavy atom. The number of piperidine rings is 1. The molecule has 0 saturated carbocycles. The van der Waals surface area contributed by atoms with Gasteiger partial charge in [0, 0.05) is 5.92 Å². The lowest BCUT2D eigenvalue weighted by atomic mass is 9.92. The molecule has 1 heterocycles. The van der Waals surface area contributed by atoms with Crippen molar-refractivity contribution in [3.63, 3.8) is 0 Å². The van der Waals surface area contributed by atoms with Crippen LogP contribution in [-0.4, -0.2) is 32.0 Å². The molecule has 1 rings (SSSR count). The molecule has 0 aromatic heterocycles. The molecule has 1 N–H and O–H groups in total. The lowest BCUT2D eigenvalue weighted by Gasteiger charge is -2.20. The fourth-order valence-corrected chi connectivity index (χ4v) is 1.50. The fraction of sp³-hybridized carbons (Fsp3) is 0.778. The summed E-state index contributed by atoms with van der Waals surface area (Å²) in [6, 6.07) is 0. The van der Waals surface area contributed by atoms with Crippen molar-refractivity contribution in [1.29, 1.82) is 0 Å². The Kier molecular flexibility index (Phi) is 3.89. The number of ether oxygens (including phenoxy) is 1. The minimum Gasteiger partial charge on any atom is -0.469 e. The molecule has 13 heavy (non-hydrogen) atoms. The van der Waals surface area contributed by atoms with E-state index in [1.165, 1.54) is 7.11 Å². The van der Waals surface area contributed by atoms with Gasteiger partial charge in [0.25, 0.3) is 0 Å². The summed E-state index contributed by atoms with van der Waals surface area (Å²) < 4.78 is 4.44. The average molecular weight is 185 g/mol. The van der Waals surface area contributed by atoms with Gasteiger partial charge in [-0.1, -0.05) is 0 Å². The van der Waals surface area contributed by atoms with Crippen LogP contribution >= 0.6 is 0 Å². The Labute approximate surface area is 77.6 Å². The minimum atomic E-state index is -0.427. The van der Waals surface area contributed by atoms with Gasteiger partial charge >= 0.3 is 5.97 Å². The van der Waals surface area contributed by atoms with E-state index in [1.54, 1.807) is 0 Å². The first-order valence-electron chi connectivity index (χ1n) is 4.54. The van der Waals surface area contributed by atoms with Crippen LogP contribution in [0.5, 0.6) is 0 Å². The summed E-state index contributed by atoms with van der Waals surface area (Å²) in [6.45, 7) is 1.75. The number of esters is 1. The van der Waals surface area contributed by atoms with E-state index < -0.39 is 5.97 Å². The Bertz CT molecular complexity index is 197. The van der Waals surface area contributed by atoms with Crippen LogP contribution < -0.4 is 5.32 Å². The zero-order valence-corrected chi connectivity index (χ0v) is 7.84. The highest BCUT2D eigenvalue weighted by molar-refractivity contribution is 5.96. The van der Waals surface area contributed by atoms with Gasteiger partial charge in [-0.15, -0.1) is 0 Å². The molecule has 0 bridgehead atoms. The molecule has 0 spiro atoms. The smallest absolute Gasteiger partial charge is 0.313 e. The molecule has 0 radical (unpaired) electrons. The molecule has 0 amide bonds. The standard InChI is InChI=1S/C9H15NO3/c1-13-9(12)6-8(11)7-2-4-10-5-3-7/h7,10H,2-6H2,1H3. The van der Waals surface area contributed by atoms with Gasteiger partial charge in [-0.2, -0.15) is 0 Å². The van der Waals surface area contributed by atoms with Crippen LogP contribution in [-0.2, 0) is 14.3 Å². The first-order chi connectivity index (χ1) is 6.24. The Hall–Kier alpha value is -0.900. The van der Waals surface area contributed by atoms with Crippen LogP contribution in [0.4, 0.5) is 0 Å². The topological polar surface area (TPSA) is 55.4 Å². The van der Waals surface area contributed by atoms with E-state index in [1.807, 2.05) is 0 Å². The summed E-state index contributed by atoms with van der Waals surface area (Å²) >= 11 is 0. The van der Waals surface area contributed by atoms with Gasteiger partial charge in [0.2, 0.25) is 0 Å². The summed E-state index contributed by atoms with van der Waals surface area (Å²) in [7, 11) is 1.30. The van der Waals surface area contributed by atoms with Crippen molar-refractivity contribution in [3.8, 4) is 0 Å². The molecule has 0 atom stereocenters. The zero-order valence-electron chi connectivity index (χ0n) is 7.84. The van der Waals surface area contributed by atoms with Crippen molar-refractivity contribution in [1.82, 2.24) is 5.32 Å². The van der Waals surface area contributed by atoms with Crippen molar-refractivity contribution >= 4 is 11.8 Å². The van der Waals surface area contributed by atoms with Crippen molar-refractivity contribution in [2.24, 2.45) is 5.92 Å². The molecular formula is C9H15NO3. The highest BCUT2D eigenvalue weighted by Gasteiger charge is 2.22. The highest BCUT2D eigenvalue weighted by Crippen LogP contribution is 2.14. The molecule has 1 saturated heterocycles. The van der Waals surface area contributed by atoms with Crippen LogP contribution in [0.3, 0.4) is 0 Å². The molecular weight excluding hydrogens is 170 g/mol. The third-order valence-corrected chi connectivity index (χ3v) is 2.34. The molecule has 1 aliphatic heterocycles. The van der Waals surface area contributed by atoms with E-state index in [4.69, 9.17) is 0 Å². The maximum atomic E-state index is 11.4. The normalized spacial score (nSPS) is 18.2. The number of hydrogen-bond donors (Lipinski definition) is 1. The summed E-state index contributed by atoms with van der Waals surface area (Å²) in [5.41, 5.74) is 0. The predicted octanol–water partition coefficient (Wildman–Crippen LogP) is 0.118. The van der Waals surface area contributed by atoms with Gasteiger partial charge in [-0.05, 0) is 25.9 Å². The van der Waals surface area contributed by atoms with Crippen LogP contribution in [0.1, 0.15) is 19.3 Å². The number of carbonyl (C=O) groups excluding carboxylic acids is 2. The number of Topliss-reactive ketones (excluding diaryl/α,β-unsaturated/α-hetero) is 1. The van der Waals surface area contributed by atoms with Crippen LogP contribution in [0, 0.1) is 5.92 Å². The third-order valence-electron chi connectivity index (χ3n) is 2.34. The fourth-order valence-electron chi connectivity index (χ4n) is 1.50. The van der Waals surface area contributed by atoms with E-state index >= 15 is 0 Å². The van der Waals surface area contributed by atoms with Crippen LogP contribution in [0.2, 0.25) is 0 Å². The first kappa shape index (κ1) is 10.2.